The van der Waals surface area contributed by atoms with Crippen LogP contribution < -0.4 is 29.0 Å². The lowest BCUT2D eigenvalue weighted by atomic mass is 10.1. The molecule has 1 N–H and O–H groups in total. The summed E-state index contributed by atoms with van der Waals surface area (Å²) >= 11 is 0. The van der Waals surface area contributed by atoms with E-state index in [-0.39, 0.29) is 5.91 Å². The van der Waals surface area contributed by atoms with E-state index >= 15 is 0 Å². The fraction of sp³-hybridized carbons (Fsp3) is 0.381. The van der Waals surface area contributed by atoms with Gasteiger partial charge in [0.2, 0.25) is 5.75 Å². The summed E-state index contributed by atoms with van der Waals surface area (Å²) < 4.78 is 27.1. The number of benzene rings is 2. The van der Waals surface area contributed by atoms with Crippen LogP contribution in [0.4, 0.5) is 0 Å². The number of nitrogens with one attached hydrogen (secondary N) is 1. The van der Waals surface area contributed by atoms with Crippen LogP contribution in [0.2, 0.25) is 0 Å². The van der Waals surface area contributed by atoms with Gasteiger partial charge in [0.05, 0.1) is 34.5 Å². The number of methoxy groups -OCH3 is 3. The first-order valence-electron chi connectivity index (χ1n) is 9.04. The van der Waals surface area contributed by atoms with Crippen LogP contribution in [0.15, 0.2) is 30.3 Å². The summed E-state index contributed by atoms with van der Waals surface area (Å²) in [5, 5.41) is 2.89. The molecule has 0 saturated heterocycles. The number of ether oxygens (including phenoxy) is 5. The van der Waals surface area contributed by atoms with E-state index in [1.807, 2.05) is 13.8 Å². The maximum Gasteiger partial charge on any atom is 0.251 e. The molecule has 0 unspecified atom stereocenters. The average Bonchev–Trinajstić information content (AvgIpc) is 2.72. The highest BCUT2D eigenvalue weighted by Gasteiger charge is 2.15. The number of carbonyl (C=O) groups excluding carboxylic acids is 1. The lowest BCUT2D eigenvalue weighted by molar-refractivity contribution is 0.0950. The molecule has 0 fully saturated rings. The van der Waals surface area contributed by atoms with Gasteiger partial charge in [0.15, 0.2) is 23.0 Å². The van der Waals surface area contributed by atoms with Crippen molar-refractivity contribution in [3.63, 3.8) is 0 Å². The van der Waals surface area contributed by atoms with Gasteiger partial charge in [-0.05, 0) is 49.7 Å². The Morgan fingerprint density at radius 1 is 0.821 bits per heavy atom. The molecular weight excluding hydrogens is 362 g/mol. The molecule has 2 rings (SSSR count). The van der Waals surface area contributed by atoms with Gasteiger partial charge in [0, 0.05) is 12.1 Å². The van der Waals surface area contributed by atoms with Gasteiger partial charge in [-0.15, -0.1) is 0 Å². The van der Waals surface area contributed by atoms with Crippen LogP contribution in [0, 0.1) is 0 Å². The Balaban J connectivity index is 2.16. The summed E-state index contributed by atoms with van der Waals surface area (Å²) in [6, 6.07) is 8.72. The van der Waals surface area contributed by atoms with E-state index in [1.165, 1.54) is 0 Å². The first kappa shape index (κ1) is 21.2. The van der Waals surface area contributed by atoms with Gasteiger partial charge in [0.25, 0.3) is 5.91 Å². The standard InChI is InChI=1S/C21H27NO6/c1-6-27-16-9-8-15(12-17(16)28-7-2)21(23)22-13-14-10-18(24-3)20(26-5)19(11-14)25-4/h8-12H,6-7,13H2,1-5H3,(H,22,23). The molecule has 0 atom stereocenters. The maximum absolute atomic E-state index is 12.6. The van der Waals surface area contributed by atoms with Crippen molar-refractivity contribution in [2.24, 2.45) is 0 Å². The van der Waals surface area contributed by atoms with Gasteiger partial charge in [0.1, 0.15) is 0 Å². The summed E-state index contributed by atoms with van der Waals surface area (Å²) in [5.41, 5.74) is 1.30. The molecule has 2 aromatic rings. The molecule has 0 radical (unpaired) electrons. The Morgan fingerprint density at radius 2 is 1.43 bits per heavy atom. The number of amides is 1. The van der Waals surface area contributed by atoms with Crippen LogP contribution >= 0.6 is 0 Å². The molecule has 0 aliphatic heterocycles. The molecule has 0 saturated carbocycles. The van der Waals surface area contributed by atoms with Crippen molar-refractivity contribution in [1.82, 2.24) is 5.32 Å². The van der Waals surface area contributed by atoms with Crippen LogP contribution in [-0.4, -0.2) is 40.5 Å². The van der Waals surface area contributed by atoms with Crippen molar-refractivity contribution in [2.45, 2.75) is 20.4 Å². The smallest absolute Gasteiger partial charge is 0.251 e. The Hall–Kier alpha value is -3.09. The van der Waals surface area contributed by atoms with Crippen molar-refractivity contribution in [3.05, 3.63) is 41.5 Å². The van der Waals surface area contributed by atoms with Gasteiger partial charge in [-0.2, -0.15) is 0 Å². The van der Waals surface area contributed by atoms with E-state index in [9.17, 15) is 4.79 Å². The minimum Gasteiger partial charge on any atom is -0.493 e. The van der Waals surface area contributed by atoms with Gasteiger partial charge < -0.3 is 29.0 Å². The SMILES string of the molecule is CCOc1ccc(C(=O)NCc2cc(OC)c(OC)c(OC)c2)cc1OCC. The summed E-state index contributed by atoms with van der Waals surface area (Å²) in [6.07, 6.45) is 0. The summed E-state index contributed by atoms with van der Waals surface area (Å²) in [4.78, 5) is 12.6. The minimum absolute atomic E-state index is 0.224. The molecule has 0 aliphatic rings. The average molecular weight is 389 g/mol. The third-order valence-corrected chi connectivity index (χ3v) is 3.98. The van der Waals surface area contributed by atoms with Gasteiger partial charge >= 0.3 is 0 Å². The second kappa shape index (κ2) is 10.3. The molecule has 152 valence electrons. The van der Waals surface area contributed by atoms with Crippen LogP contribution in [-0.2, 0) is 6.54 Å². The van der Waals surface area contributed by atoms with E-state index < -0.39 is 0 Å². The van der Waals surface area contributed by atoms with E-state index in [2.05, 4.69) is 5.32 Å². The van der Waals surface area contributed by atoms with Crippen molar-refractivity contribution < 1.29 is 28.5 Å². The van der Waals surface area contributed by atoms with E-state index in [0.717, 1.165) is 5.56 Å². The van der Waals surface area contributed by atoms with Crippen molar-refractivity contribution in [2.75, 3.05) is 34.5 Å². The zero-order valence-electron chi connectivity index (χ0n) is 17.0. The van der Waals surface area contributed by atoms with E-state index in [4.69, 9.17) is 23.7 Å². The van der Waals surface area contributed by atoms with Crippen molar-refractivity contribution in [1.29, 1.82) is 0 Å². The number of rotatable bonds is 10. The molecule has 7 heteroatoms. The lowest BCUT2D eigenvalue weighted by Crippen LogP contribution is -2.23. The van der Waals surface area contributed by atoms with E-state index in [0.29, 0.717) is 54.1 Å². The molecule has 2 aromatic carbocycles. The number of hydrogen-bond donors (Lipinski definition) is 1. The predicted molar refractivity (Wildman–Crippen MR) is 106 cm³/mol. The fourth-order valence-corrected chi connectivity index (χ4v) is 2.71. The molecule has 0 bridgehead atoms. The van der Waals surface area contributed by atoms with Crippen molar-refractivity contribution in [3.8, 4) is 28.7 Å². The normalized spacial score (nSPS) is 10.2. The molecule has 0 aromatic heterocycles. The number of hydrogen-bond acceptors (Lipinski definition) is 6. The van der Waals surface area contributed by atoms with Gasteiger partial charge in [-0.25, -0.2) is 0 Å². The molecule has 0 heterocycles. The second-order valence-electron chi connectivity index (χ2n) is 5.74. The Kier molecular flexibility index (Phi) is 7.80. The second-order valence-corrected chi connectivity index (χ2v) is 5.74. The summed E-state index contributed by atoms with van der Waals surface area (Å²) in [5.74, 6) is 2.51. The Bertz CT molecular complexity index is 780. The zero-order valence-corrected chi connectivity index (χ0v) is 17.0. The monoisotopic (exact) mass is 389 g/mol. The molecule has 0 spiro atoms. The topological polar surface area (TPSA) is 75.3 Å². The van der Waals surface area contributed by atoms with Crippen LogP contribution in [0.3, 0.4) is 0 Å². The minimum atomic E-state index is -0.224. The van der Waals surface area contributed by atoms with Crippen LogP contribution in [0.5, 0.6) is 28.7 Å². The van der Waals surface area contributed by atoms with Gasteiger partial charge in [-0.1, -0.05) is 0 Å². The zero-order chi connectivity index (χ0) is 20.5. The maximum atomic E-state index is 12.6. The third kappa shape index (κ3) is 5.00. The summed E-state index contributed by atoms with van der Waals surface area (Å²) in [6.45, 7) is 5.08. The Labute approximate surface area is 165 Å². The highest BCUT2D eigenvalue weighted by Crippen LogP contribution is 2.38. The molecule has 1 amide bonds. The van der Waals surface area contributed by atoms with Crippen molar-refractivity contribution >= 4 is 5.91 Å². The molecule has 28 heavy (non-hydrogen) atoms. The van der Waals surface area contributed by atoms with Crippen LogP contribution in [0.1, 0.15) is 29.8 Å². The molecule has 0 aliphatic carbocycles. The third-order valence-electron chi connectivity index (χ3n) is 3.98. The number of carbonyl (C=O) groups is 1. The highest BCUT2D eigenvalue weighted by molar-refractivity contribution is 5.94. The fourth-order valence-electron chi connectivity index (χ4n) is 2.71. The first-order valence-corrected chi connectivity index (χ1v) is 9.04. The largest absolute Gasteiger partial charge is 0.493 e. The summed E-state index contributed by atoms with van der Waals surface area (Å²) in [7, 11) is 4.65. The quantitative estimate of drug-likeness (QED) is 0.671. The van der Waals surface area contributed by atoms with E-state index in [1.54, 1.807) is 51.7 Å². The van der Waals surface area contributed by atoms with Crippen LogP contribution in [0.25, 0.3) is 0 Å². The Morgan fingerprint density at radius 3 is 1.96 bits per heavy atom. The lowest BCUT2D eigenvalue weighted by Gasteiger charge is -2.15. The van der Waals surface area contributed by atoms with Gasteiger partial charge in [-0.3, -0.25) is 4.79 Å². The first-order chi connectivity index (χ1) is 13.6. The highest BCUT2D eigenvalue weighted by atomic mass is 16.5. The molecular formula is C21H27NO6. The molecule has 7 nitrogen and oxygen atoms in total. The predicted octanol–water partition coefficient (Wildman–Crippen LogP) is 3.44.